The van der Waals surface area contributed by atoms with Gasteiger partial charge in [0.1, 0.15) is 5.54 Å². The van der Waals surface area contributed by atoms with Crippen LogP contribution in [0.3, 0.4) is 0 Å². The molecule has 3 heterocycles. The lowest BCUT2D eigenvalue weighted by atomic mass is 9.85. The second kappa shape index (κ2) is 11.7. The highest BCUT2D eigenvalue weighted by Crippen LogP contribution is 2.38. The highest BCUT2D eigenvalue weighted by Gasteiger charge is 2.57. The number of benzene rings is 1. The molecule has 8 heteroatoms. The molecule has 0 atom stereocenters. The number of aromatic nitrogens is 1. The Morgan fingerprint density at radius 2 is 1.83 bits per heavy atom. The molecular formula is C28H37N5O3. The summed E-state index contributed by atoms with van der Waals surface area (Å²) < 4.78 is 5.21. The molecule has 36 heavy (non-hydrogen) atoms. The summed E-state index contributed by atoms with van der Waals surface area (Å²) in [4.78, 5) is 39.0. The van der Waals surface area contributed by atoms with Crippen LogP contribution in [0, 0.1) is 0 Å². The maximum absolute atomic E-state index is 13.7. The fourth-order valence-electron chi connectivity index (χ4n) is 5.06. The Balaban J connectivity index is 1.41. The summed E-state index contributed by atoms with van der Waals surface area (Å²) in [6.45, 7) is 3.62. The first-order chi connectivity index (χ1) is 17.4. The number of piperidine rings is 1. The lowest BCUT2D eigenvalue weighted by molar-refractivity contribution is -0.136. The molecule has 2 aliphatic rings. The van der Waals surface area contributed by atoms with Crippen molar-refractivity contribution in [3.63, 3.8) is 0 Å². The van der Waals surface area contributed by atoms with Gasteiger partial charge >= 0.3 is 6.03 Å². The number of imide groups is 1. The molecule has 2 aromatic rings. The number of rotatable bonds is 10. The van der Waals surface area contributed by atoms with Gasteiger partial charge in [-0.3, -0.25) is 19.6 Å². The summed E-state index contributed by atoms with van der Waals surface area (Å²) in [5.74, 6) is -0.0910. The van der Waals surface area contributed by atoms with E-state index in [9.17, 15) is 9.59 Å². The largest absolute Gasteiger partial charge is 0.385 e. The Kier molecular flexibility index (Phi) is 8.38. The van der Waals surface area contributed by atoms with Crippen LogP contribution >= 0.6 is 0 Å². The monoisotopic (exact) mass is 491 g/mol. The number of hydrogen-bond donors (Lipinski definition) is 0. The quantitative estimate of drug-likeness (QED) is 0.374. The van der Waals surface area contributed by atoms with E-state index in [1.807, 2.05) is 32.3 Å². The third-order valence-electron chi connectivity index (χ3n) is 7.16. The molecule has 0 aliphatic carbocycles. The lowest BCUT2D eigenvalue weighted by Crippen LogP contribution is -2.56. The van der Waals surface area contributed by atoms with Crippen molar-refractivity contribution in [2.45, 2.75) is 31.3 Å². The van der Waals surface area contributed by atoms with Crippen LogP contribution in [-0.2, 0) is 16.1 Å². The molecule has 0 saturated carbocycles. The molecule has 1 aromatic heterocycles. The van der Waals surface area contributed by atoms with Gasteiger partial charge in [-0.2, -0.15) is 0 Å². The number of amides is 3. The van der Waals surface area contributed by atoms with Gasteiger partial charge in [0.25, 0.3) is 5.91 Å². The van der Waals surface area contributed by atoms with Crippen LogP contribution in [0.15, 0.2) is 54.7 Å². The number of carbonyl (C=O) groups is 2. The second-order valence-corrected chi connectivity index (χ2v) is 9.71. The highest BCUT2D eigenvalue weighted by atomic mass is 16.5. The third kappa shape index (κ3) is 5.60. The van der Waals surface area contributed by atoms with Gasteiger partial charge in [-0.15, -0.1) is 0 Å². The third-order valence-corrected chi connectivity index (χ3v) is 7.16. The van der Waals surface area contributed by atoms with Gasteiger partial charge in [-0.05, 0) is 49.1 Å². The van der Waals surface area contributed by atoms with E-state index in [4.69, 9.17) is 4.74 Å². The average Bonchev–Trinajstić information content (AvgIpc) is 3.07. The summed E-state index contributed by atoms with van der Waals surface area (Å²) in [7, 11) is 5.73. The fraction of sp³-hybridized carbons (Fsp3) is 0.464. The Morgan fingerprint density at radius 1 is 1.08 bits per heavy atom. The highest BCUT2D eigenvalue weighted by molar-refractivity contribution is 6.07. The van der Waals surface area contributed by atoms with Crippen LogP contribution in [0.1, 0.15) is 30.5 Å². The molecule has 1 spiro atoms. The molecule has 0 N–H and O–H groups in total. The first-order valence-corrected chi connectivity index (χ1v) is 12.6. The topological polar surface area (TPSA) is 69.2 Å². The maximum Gasteiger partial charge on any atom is 0.328 e. The molecule has 0 radical (unpaired) electrons. The van der Waals surface area contributed by atoms with Crippen LogP contribution in [-0.4, -0.2) is 91.2 Å². The number of nitrogens with zero attached hydrogens (tertiary/aromatic N) is 5. The van der Waals surface area contributed by atoms with Crippen molar-refractivity contribution < 1.29 is 14.3 Å². The van der Waals surface area contributed by atoms with E-state index in [0.717, 1.165) is 19.6 Å². The van der Waals surface area contributed by atoms with Gasteiger partial charge in [0.15, 0.2) is 0 Å². The van der Waals surface area contributed by atoms with Crippen molar-refractivity contribution in [2.24, 2.45) is 0 Å². The zero-order chi connectivity index (χ0) is 25.5. The first kappa shape index (κ1) is 25.9. The van der Waals surface area contributed by atoms with Crippen LogP contribution < -0.4 is 4.90 Å². The number of ether oxygens (including phenoxy) is 1. The SMILES string of the molecule is COCCCN1C(=O)N(Cc2ccccn2)C(=O)C12CCN(CC=Cc1ccc(N(C)C)cc1)CC2. The van der Waals surface area contributed by atoms with Gasteiger partial charge in [0.2, 0.25) is 0 Å². The number of hydrogen-bond acceptors (Lipinski definition) is 6. The molecule has 0 bridgehead atoms. The van der Waals surface area contributed by atoms with Crippen molar-refractivity contribution in [1.82, 2.24) is 19.7 Å². The fourth-order valence-corrected chi connectivity index (χ4v) is 5.06. The average molecular weight is 492 g/mol. The molecule has 4 rings (SSSR count). The molecule has 8 nitrogen and oxygen atoms in total. The van der Waals surface area contributed by atoms with Gasteiger partial charge in [0, 0.05) is 65.9 Å². The van der Waals surface area contributed by atoms with E-state index < -0.39 is 5.54 Å². The Hall–Kier alpha value is -3.23. The Labute approximate surface area is 214 Å². The van der Waals surface area contributed by atoms with Gasteiger partial charge < -0.3 is 14.5 Å². The normalized spacial score (nSPS) is 18.1. The minimum absolute atomic E-state index is 0.0910. The number of likely N-dealkylation sites (tertiary alicyclic amines) is 1. The molecule has 2 fully saturated rings. The predicted octanol–water partition coefficient (Wildman–Crippen LogP) is 3.50. The number of pyridine rings is 1. The standard InChI is InChI=1S/C28H37N5O3/c1-30(2)25-12-10-23(11-13-25)8-6-17-31-19-14-28(15-20-31)26(34)32(22-24-9-4-5-16-29-24)27(35)33(28)18-7-21-36-3/h4-6,8-13,16H,7,14-15,17-22H2,1-3H3. The van der Waals surface area contributed by atoms with Crippen LogP contribution in [0.4, 0.5) is 10.5 Å². The molecule has 2 aliphatic heterocycles. The second-order valence-electron chi connectivity index (χ2n) is 9.71. The summed E-state index contributed by atoms with van der Waals surface area (Å²) in [5.41, 5.74) is 2.28. The van der Waals surface area contributed by atoms with Gasteiger partial charge in [-0.1, -0.05) is 30.4 Å². The van der Waals surface area contributed by atoms with Gasteiger partial charge in [-0.25, -0.2) is 4.79 Å². The predicted molar refractivity (Wildman–Crippen MR) is 142 cm³/mol. The van der Waals surface area contributed by atoms with Gasteiger partial charge in [0.05, 0.1) is 12.2 Å². The minimum atomic E-state index is -0.776. The number of methoxy groups -OCH3 is 1. The summed E-state index contributed by atoms with van der Waals surface area (Å²) in [5, 5.41) is 0. The molecule has 3 amide bonds. The smallest absolute Gasteiger partial charge is 0.328 e. The zero-order valence-electron chi connectivity index (χ0n) is 21.6. The van der Waals surface area contributed by atoms with E-state index in [0.29, 0.717) is 38.1 Å². The van der Waals surface area contributed by atoms with E-state index in [1.54, 1.807) is 18.2 Å². The first-order valence-electron chi connectivity index (χ1n) is 12.6. The molecule has 1 aromatic carbocycles. The van der Waals surface area contributed by atoms with Crippen LogP contribution in [0.5, 0.6) is 0 Å². The van der Waals surface area contributed by atoms with Crippen molar-refractivity contribution in [2.75, 3.05) is 58.9 Å². The van der Waals surface area contributed by atoms with E-state index >= 15 is 0 Å². The van der Waals surface area contributed by atoms with Crippen LogP contribution in [0.2, 0.25) is 0 Å². The van der Waals surface area contributed by atoms with E-state index in [1.165, 1.54) is 16.2 Å². The number of urea groups is 1. The summed E-state index contributed by atoms with van der Waals surface area (Å²) in [6.07, 6.45) is 7.97. The van der Waals surface area contributed by atoms with E-state index in [2.05, 4.69) is 51.2 Å². The van der Waals surface area contributed by atoms with Crippen LogP contribution in [0.25, 0.3) is 6.08 Å². The summed E-state index contributed by atoms with van der Waals surface area (Å²) in [6, 6.07) is 13.8. The number of carbonyl (C=O) groups excluding carboxylic acids is 2. The molecule has 2 saturated heterocycles. The Bertz CT molecular complexity index is 1050. The minimum Gasteiger partial charge on any atom is -0.385 e. The molecular weight excluding hydrogens is 454 g/mol. The van der Waals surface area contributed by atoms with Crippen molar-refractivity contribution >= 4 is 23.7 Å². The Morgan fingerprint density at radius 3 is 2.47 bits per heavy atom. The lowest BCUT2D eigenvalue weighted by Gasteiger charge is -2.42. The molecule has 0 unspecified atom stereocenters. The summed E-state index contributed by atoms with van der Waals surface area (Å²) >= 11 is 0. The van der Waals surface area contributed by atoms with Crippen molar-refractivity contribution in [3.8, 4) is 0 Å². The van der Waals surface area contributed by atoms with Crippen molar-refractivity contribution in [1.29, 1.82) is 0 Å². The number of anilines is 1. The molecule has 192 valence electrons. The van der Waals surface area contributed by atoms with Crippen molar-refractivity contribution in [3.05, 3.63) is 66.0 Å². The zero-order valence-corrected chi connectivity index (χ0v) is 21.6. The maximum atomic E-state index is 13.7. The van der Waals surface area contributed by atoms with E-state index in [-0.39, 0.29) is 18.5 Å².